The summed E-state index contributed by atoms with van der Waals surface area (Å²) in [7, 11) is -2.25. The third-order valence-electron chi connectivity index (χ3n) is 4.10. The molecule has 0 saturated carbocycles. The number of rotatable bonds is 9. The van der Waals surface area contributed by atoms with Gasteiger partial charge in [-0.2, -0.15) is 0 Å². The molecule has 0 amide bonds. The molecule has 3 aromatic rings. The first-order valence-electron chi connectivity index (χ1n) is 8.89. The van der Waals surface area contributed by atoms with Gasteiger partial charge in [-0.05, 0) is 47.2 Å². The summed E-state index contributed by atoms with van der Waals surface area (Å²) in [6, 6.07) is 20.0. The van der Waals surface area contributed by atoms with Crippen molar-refractivity contribution in [2.24, 2.45) is 0 Å². The number of sulfonamides is 1. The minimum absolute atomic E-state index is 0.139. The number of hydrogen-bond acceptors (Lipinski definition) is 6. The van der Waals surface area contributed by atoms with E-state index in [1.54, 1.807) is 24.3 Å². The minimum atomic E-state index is -3.56. The molecule has 152 valence electrons. The first kappa shape index (κ1) is 21.2. The van der Waals surface area contributed by atoms with Gasteiger partial charge in [-0.1, -0.05) is 30.3 Å². The highest BCUT2D eigenvalue weighted by atomic mass is 32.2. The molecule has 8 heteroatoms. The highest BCUT2D eigenvalue weighted by Crippen LogP contribution is 2.22. The molecule has 3 aromatic carbocycles. The Morgan fingerprint density at radius 1 is 1.00 bits per heavy atom. The predicted molar refractivity (Wildman–Crippen MR) is 114 cm³/mol. The maximum absolute atomic E-state index is 12.5. The lowest BCUT2D eigenvalue weighted by molar-refractivity contribution is -0.142. The van der Waals surface area contributed by atoms with Crippen molar-refractivity contribution < 1.29 is 22.7 Å². The number of esters is 1. The number of methoxy groups -OCH3 is 1. The van der Waals surface area contributed by atoms with Crippen LogP contribution in [0.25, 0.3) is 10.8 Å². The van der Waals surface area contributed by atoms with Crippen LogP contribution in [-0.4, -0.2) is 40.4 Å². The molecule has 29 heavy (non-hydrogen) atoms. The van der Waals surface area contributed by atoms with Crippen molar-refractivity contribution >= 4 is 38.5 Å². The van der Waals surface area contributed by atoms with Crippen molar-refractivity contribution in [3.8, 4) is 5.75 Å². The summed E-state index contributed by atoms with van der Waals surface area (Å²) in [4.78, 5) is 12.3. The van der Waals surface area contributed by atoms with Crippen LogP contribution >= 0.6 is 11.8 Å². The first-order chi connectivity index (χ1) is 14.0. The second-order valence-electron chi connectivity index (χ2n) is 6.09. The van der Waals surface area contributed by atoms with E-state index in [0.717, 1.165) is 15.7 Å². The van der Waals surface area contributed by atoms with Crippen molar-refractivity contribution in [1.82, 2.24) is 4.72 Å². The van der Waals surface area contributed by atoms with E-state index in [0.29, 0.717) is 18.0 Å². The second kappa shape index (κ2) is 9.78. The average molecular weight is 432 g/mol. The summed E-state index contributed by atoms with van der Waals surface area (Å²) in [6.45, 7) is 0.167. The number of carbonyl (C=O) groups excluding carboxylic acids is 1. The van der Waals surface area contributed by atoms with Gasteiger partial charge < -0.3 is 9.47 Å². The Labute approximate surface area is 174 Å². The van der Waals surface area contributed by atoms with Gasteiger partial charge in [0, 0.05) is 17.2 Å². The van der Waals surface area contributed by atoms with Gasteiger partial charge in [-0.3, -0.25) is 0 Å². The van der Waals surface area contributed by atoms with Crippen LogP contribution in [0.1, 0.15) is 0 Å². The zero-order valence-corrected chi connectivity index (χ0v) is 17.5. The Balaban J connectivity index is 1.49. The van der Waals surface area contributed by atoms with Gasteiger partial charge in [-0.25, -0.2) is 17.9 Å². The summed E-state index contributed by atoms with van der Waals surface area (Å²) in [6.07, 6.45) is 0. The van der Waals surface area contributed by atoms with Crippen molar-refractivity contribution in [2.75, 3.05) is 26.0 Å². The van der Waals surface area contributed by atoms with Crippen molar-refractivity contribution in [3.63, 3.8) is 0 Å². The fraction of sp³-hybridized carbons (Fsp3) is 0.190. The van der Waals surface area contributed by atoms with Gasteiger partial charge in [0.15, 0.2) is 6.61 Å². The molecular formula is C21H21NO5S2. The van der Waals surface area contributed by atoms with Crippen LogP contribution in [0.15, 0.2) is 76.5 Å². The summed E-state index contributed by atoms with van der Waals surface area (Å²) < 4.78 is 37.5. The van der Waals surface area contributed by atoms with E-state index >= 15 is 0 Å². The number of nitrogens with one attached hydrogen (secondary N) is 1. The normalized spacial score (nSPS) is 11.3. The van der Waals surface area contributed by atoms with Crippen molar-refractivity contribution in [3.05, 3.63) is 66.7 Å². The van der Waals surface area contributed by atoms with Crippen LogP contribution in [0.5, 0.6) is 5.75 Å². The summed E-state index contributed by atoms with van der Waals surface area (Å²) >= 11 is 1.52. The summed E-state index contributed by atoms with van der Waals surface area (Å²) in [5, 5.41) is 1.89. The van der Waals surface area contributed by atoms with E-state index in [-0.39, 0.29) is 11.5 Å². The lowest BCUT2D eigenvalue weighted by Crippen LogP contribution is -2.26. The van der Waals surface area contributed by atoms with Crippen LogP contribution < -0.4 is 9.46 Å². The number of fused-ring (bicyclic) bond motifs is 1. The van der Waals surface area contributed by atoms with Crippen LogP contribution in [0.2, 0.25) is 0 Å². The van der Waals surface area contributed by atoms with Gasteiger partial charge in [0.1, 0.15) is 5.75 Å². The molecule has 0 aromatic heterocycles. The molecule has 0 bridgehead atoms. The van der Waals surface area contributed by atoms with E-state index in [1.165, 1.54) is 18.9 Å². The lowest BCUT2D eigenvalue weighted by Gasteiger charge is -2.08. The maximum atomic E-state index is 12.5. The third kappa shape index (κ3) is 5.96. The van der Waals surface area contributed by atoms with E-state index in [4.69, 9.17) is 4.74 Å². The maximum Gasteiger partial charge on any atom is 0.343 e. The monoisotopic (exact) mass is 431 g/mol. The Morgan fingerprint density at radius 3 is 2.45 bits per heavy atom. The summed E-state index contributed by atoms with van der Waals surface area (Å²) in [5.74, 6) is 0.703. The first-order valence-corrected chi connectivity index (χ1v) is 11.4. The van der Waals surface area contributed by atoms with Crippen LogP contribution in [0.4, 0.5) is 0 Å². The van der Waals surface area contributed by atoms with Crippen LogP contribution in [0, 0.1) is 0 Å². The van der Waals surface area contributed by atoms with Gasteiger partial charge in [-0.15, -0.1) is 11.8 Å². The van der Waals surface area contributed by atoms with Crippen LogP contribution in [-0.2, 0) is 19.6 Å². The number of ether oxygens (including phenoxy) is 2. The number of hydrogen-bond donors (Lipinski definition) is 1. The molecular weight excluding hydrogens is 410 g/mol. The van der Waals surface area contributed by atoms with Gasteiger partial charge in [0.2, 0.25) is 10.0 Å². The molecule has 0 spiro atoms. The highest BCUT2D eigenvalue weighted by molar-refractivity contribution is 7.99. The Bertz CT molecular complexity index is 1080. The Hall–Kier alpha value is -2.55. The topological polar surface area (TPSA) is 81.7 Å². The molecule has 1 N–H and O–H groups in total. The zero-order valence-electron chi connectivity index (χ0n) is 15.8. The molecule has 0 saturated heterocycles. The molecule has 0 aliphatic carbocycles. The van der Waals surface area contributed by atoms with E-state index in [9.17, 15) is 13.2 Å². The minimum Gasteiger partial charge on any atom is -0.482 e. The van der Waals surface area contributed by atoms with Gasteiger partial charge >= 0.3 is 5.97 Å². The smallest absolute Gasteiger partial charge is 0.343 e. The van der Waals surface area contributed by atoms with E-state index in [2.05, 4.69) is 9.46 Å². The molecule has 0 heterocycles. The molecule has 0 aliphatic rings. The quantitative estimate of drug-likeness (QED) is 0.317. The van der Waals surface area contributed by atoms with Crippen LogP contribution in [0.3, 0.4) is 0 Å². The molecule has 0 aliphatic heterocycles. The second-order valence-corrected chi connectivity index (χ2v) is 9.03. The summed E-state index contributed by atoms with van der Waals surface area (Å²) in [5.41, 5.74) is 0. The number of benzene rings is 3. The molecule has 0 fully saturated rings. The van der Waals surface area contributed by atoms with E-state index in [1.807, 2.05) is 42.5 Å². The standard InChI is InChI=1S/C21H21NO5S2/c1-26-21(23)15-27-18-7-9-19(10-8-18)28-13-12-22-29(24,25)20-11-6-16-4-2-3-5-17(16)14-20/h2-11,14,22H,12-13,15H2,1H3. The largest absolute Gasteiger partial charge is 0.482 e. The average Bonchev–Trinajstić information content (AvgIpc) is 2.75. The molecule has 0 atom stereocenters. The van der Waals surface area contributed by atoms with Crippen molar-refractivity contribution in [2.45, 2.75) is 9.79 Å². The predicted octanol–water partition coefficient (Wildman–Crippen LogP) is 3.46. The third-order valence-corrected chi connectivity index (χ3v) is 6.57. The fourth-order valence-corrected chi connectivity index (χ4v) is 4.56. The van der Waals surface area contributed by atoms with Gasteiger partial charge in [0.05, 0.1) is 12.0 Å². The number of carbonyl (C=O) groups is 1. The van der Waals surface area contributed by atoms with Gasteiger partial charge in [0.25, 0.3) is 0 Å². The Morgan fingerprint density at radius 2 is 1.72 bits per heavy atom. The van der Waals surface area contributed by atoms with Crippen molar-refractivity contribution in [1.29, 1.82) is 0 Å². The molecule has 0 unspecified atom stereocenters. The molecule has 3 rings (SSSR count). The highest BCUT2D eigenvalue weighted by Gasteiger charge is 2.13. The molecule has 6 nitrogen and oxygen atoms in total. The van der Waals surface area contributed by atoms with E-state index < -0.39 is 16.0 Å². The number of thioether (sulfide) groups is 1. The fourth-order valence-electron chi connectivity index (χ4n) is 2.60. The molecule has 0 radical (unpaired) electrons. The zero-order chi connectivity index (χ0) is 20.7. The Kier molecular flexibility index (Phi) is 7.13. The SMILES string of the molecule is COC(=O)COc1ccc(SCCNS(=O)(=O)c2ccc3ccccc3c2)cc1. The lowest BCUT2D eigenvalue weighted by atomic mass is 10.1.